The molecule has 1 fully saturated rings. The third kappa shape index (κ3) is 54.4. The molecule has 85 heavy (non-hydrogen) atoms. The van der Waals surface area contributed by atoms with E-state index in [1.807, 2.05) is 0 Å². The first-order chi connectivity index (χ1) is 41.8. The Balaban J connectivity index is 2.05. The summed E-state index contributed by atoms with van der Waals surface area (Å²) in [5.74, 6) is -0.133. The van der Waals surface area contributed by atoms with Gasteiger partial charge in [0, 0.05) is 6.42 Å². The molecule has 9 nitrogen and oxygen atoms in total. The maximum Gasteiger partial charge on any atom is 0.220 e. The molecule has 7 unspecified atom stereocenters. The number of rotatable bonds is 69. The molecular formula is C76H149NO8. The number of carbonyl (C=O) groups excluding carboxylic acids is 1. The van der Waals surface area contributed by atoms with E-state index in [-0.39, 0.29) is 12.5 Å². The smallest absolute Gasteiger partial charge is 0.220 e. The van der Waals surface area contributed by atoms with E-state index in [4.69, 9.17) is 9.47 Å². The molecule has 1 heterocycles. The molecule has 1 saturated heterocycles. The molecule has 0 aliphatic carbocycles. The molecule has 0 aromatic heterocycles. The van der Waals surface area contributed by atoms with E-state index < -0.39 is 49.5 Å². The van der Waals surface area contributed by atoms with Crippen molar-refractivity contribution in [2.24, 2.45) is 0 Å². The average molecular weight is 1210 g/mol. The predicted octanol–water partition coefficient (Wildman–Crippen LogP) is 21.4. The summed E-state index contributed by atoms with van der Waals surface area (Å²) in [5.41, 5.74) is 0. The number of allylic oxidation sites excluding steroid dienone is 2. The minimum atomic E-state index is -1.55. The normalized spacial score (nSPS) is 18.0. The van der Waals surface area contributed by atoms with Crippen molar-refractivity contribution in [3.63, 3.8) is 0 Å². The fourth-order valence-corrected chi connectivity index (χ4v) is 12.9. The number of hydrogen-bond acceptors (Lipinski definition) is 8. The zero-order valence-corrected chi connectivity index (χ0v) is 56.9. The van der Waals surface area contributed by atoms with E-state index in [1.165, 1.54) is 347 Å². The SMILES string of the molecule is CCCCCCCCCC/C=C\CCCCCCCCCCCCCCCCCCCCCCCCCC(=O)NC(COC1OC(CO)C(O)C(O)C1O)C(O)CCCCCCCCCCCCCCCCCCCCCCCCCCCCC. The van der Waals surface area contributed by atoms with Crippen LogP contribution in [0.25, 0.3) is 0 Å². The van der Waals surface area contributed by atoms with Crippen LogP contribution in [0.15, 0.2) is 12.2 Å². The van der Waals surface area contributed by atoms with Crippen molar-refractivity contribution in [3.8, 4) is 0 Å². The summed E-state index contributed by atoms with van der Waals surface area (Å²) in [5, 5.41) is 55.0. The minimum absolute atomic E-state index is 0.131. The zero-order valence-electron chi connectivity index (χ0n) is 56.9. The highest BCUT2D eigenvalue weighted by atomic mass is 16.7. The van der Waals surface area contributed by atoms with E-state index in [2.05, 4.69) is 31.3 Å². The molecule has 9 heteroatoms. The maximum atomic E-state index is 13.2. The van der Waals surface area contributed by atoms with Crippen molar-refractivity contribution < 1.29 is 39.8 Å². The molecule has 1 amide bonds. The predicted molar refractivity (Wildman–Crippen MR) is 364 cm³/mol. The molecule has 1 aliphatic heterocycles. The van der Waals surface area contributed by atoms with Crippen LogP contribution in [-0.2, 0) is 14.3 Å². The van der Waals surface area contributed by atoms with Gasteiger partial charge in [-0.15, -0.1) is 0 Å². The Bertz CT molecular complexity index is 1350. The van der Waals surface area contributed by atoms with Crippen LogP contribution in [0.2, 0.25) is 0 Å². The van der Waals surface area contributed by atoms with Crippen LogP contribution < -0.4 is 5.32 Å². The lowest BCUT2D eigenvalue weighted by molar-refractivity contribution is -0.302. The van der Waals surface area contributed by atoms with Gasteiger partial charge in [-0.1, -0.05) is 379 Å². The summed E-state index contributed by atoms with van der Waals surface area (Å²) in [6.45, 7) is 3.91. The molecule has 0 spiro atoms. The molecule has 0 saturated carbocycles. The Morgan fingerprint density at radius 2 is 0.659 bits per heavy atom. The first-order valence-electron chi connectivity index (χ1n) is 38.4. The van der Waals surface area contributed by atoms with Crippen LogP contribution in [0.3, 0.4) is 0 Å². The summed E-state index contributed by atoms with van der Waals surface area (Å²) in [4.78, 5) is 13.2. The minimum Gasteiger partial charge on any atom is -0.394 e. The number of ether oxygens (including phenoxy) is 2. The summed E-state index contributed by atoms with van der Waals surface area (Å²) >= 11 is 0. The van der Waals surface area contributed by atoms with Gasteiger partial charge in [-0.25, -0.2) is 0 Å². The number of aliphatic hydroxyl groups is 5. The van der Waals surface area contributed by atoms with Crippen LogP contribution in [0.4, 0.5) is 0 Å². The van der Waals surface area contributed by atoms with Crippen molar-refractivity contribution >= 4 is 5.91 Å². The maximum absolute atomic E-state index is 13.2. The second kappa shape index (κ2) is 65.9. The van der Waals surface area contributed by atoms with Crippen LogP contribution in [0.5, 0.6) is 0 Å². The standard InChI is InChI=1S/C76H149NO8/c1-3-5-7-9-11-13-15-17-19-21-23-25-27-29-31-32-33-34-35-36-37-38-40-42-44-46-48-50-52-54-56-58-60-62-64-66-72(80)77-69(68-84-76-75(83)74(82)73(81)71(67-78)85-76)70(79)65-63-61-59-57-55-53-51-49-47-45-43-41-39-30-28-26-24-22-20-18-16-14-12-10-8-6-4-2/h21,23,69-71,73-76,78-79,81-83H,3-20,22,24-68H2,1-2H3,(H,77,80)/b23-21-. The van der Waals surface area contributed by atoms with Crippen molar-refractivity contribution in [2.45, 2.75) is 455 Å². The topological polar surface area (TPSA) is 149 Å². The van der Waals surface area contributed by atoms with Crippen molar-refractivity contribution in [2.75, 3.05) is 13.2 Å². The molecule has 0 aromatic rings. The van der Waals surface area contributed by atoms with Gasteiger partial charge < -0.3 is 40.3 Å². The lowest BCUT2D eigenvalue weighted by atomic mass is 9.99. The van der Waals surface area contributed by atoms with Gasteiger partial charge in [0.05, 0.1) is 25.4 Å². The monoisotopic (exact) mass is 1200 g/mol. The molecule has 1 rings (SSSR count). The summed E-state index contributed by atoms with van der Waals surface area (Å²) in [6.07, 6.45) is 78.8. The van der Waals surface area contributed by atoms with Crippen molar-refractivity contribution in [1.82, 2.24) is 5.32 Å². The molecule has 0 aromatic carbocycles. The van der Waals surface area contributed by atoms with Gasteiger partial charge in [-0.05, 0) is 38.5 Å². The Morgan fingerprint density at radius 3 is 0.953 bits per heavy atom. The van der Waals surface area contributed by atoms with Crippen molar-refractivity contribution in [1.29, 1.82) is 0 Å². The van der Waals surface area contributed by atoms with Crippen molar-refractivity contribution in [3.05, 3.63) is 12.2 Å². The van der Waals surface area contributed by atoms with E-state index in [9.17, 15) is 30.3 Å². The molecule has 0 bridgehead atoms. The second-order valence-corrected chi connectivity index (χ2v) is 27.2. The Labute approximate surface area is 528 Å². The van der Waals surface area contributed by atoms with Crippen LogP contribution in [0, 0.1) is 0 Å². The molecule has 1 aliphatic rings. The highest BCUT2D eigenvalue weighted by Gasteiger charge is 2.44. The Hall–Kier alpha value is -1.07. The van der Waals surface area contributed by atoms with Crippen LogP contribution >= 0.6 is 0 Å². The molecule has 506 valence electrons. The lowest BCUT2D eigenvalue weighted by Gasteiger charge is -2.40. The summed E-state index contributed by atoms with van der Waals surface area (Å²) in [6, 6.07) is -0.717. The summed E-state index contributed by atoms with van der Waals surface area (Å²) < 4.78 is 11.4. The van der Waals surface area contributed by atoms with Gasteiger partial charge >= 0.3 is 0 Å². The number of nitrogens with one attached hydrogen (secondary N) is 1. The second-order valence-electron chi connectivity index (χ2n) is 27.2. The fourth-order valence-electron chi connectivity index (χ4n) is 12.9. The largest absolute Gasteiger partial charge is 0.394 e. The van der Waals surface area contributed by atoms with Gasteiger partial charge in [-0.3, -0.25) is 4.79 Å². The van der Waals surface area contributed by atoms with E-state index in [0.717, 1.165) is 38.5 Å². The van der Waals surface area contributed by atoms with Gasteiger partial charge in [0.1, 0.15) is 24.4 Å². The lowest BCUT2D eigenvalue weighted by Crippen LogP contribution is -2.60. The number of aliphatic hydroxyl groups excluding tert-OH is 5. The zero-order chi connectivity index (χ0) is 61.4. The number of unbranched alkanes of at least 4 members (excludes halogenated alkanes) is 57. The van der Waals surface area contributed by atoms with Gasteiger partial charge in [-0.2, -0.15) is 0 Å². The Morgan fingerprint density at radius 1 is 0.388 bits per heavy atom. The van der Waals surface area contributed by atoms with Gasteiger partial charge in [0.25, 0.3) is 0 Å². The first kappa shape index (κ1) is 81.9. The van der Waals surface area contributed by atoms with Crippen LogP contribution in [-0.4, -0.2) is 87.5 Å². The van der Waals surface area contributed by atoms with E-state index in [0.29, 0.717) is 12.8 Å². The average Bonchev–Trinajstić information content (AvgIpc) is 3.71. The number of carbonyl (C=O) groups is 1. The summed E-state index contributed by atoms with van der Waals surface area (Å²) in [7, 11) is 0. The first-order valence-corrected chi connectivity index (χ1v) is 38.4. The number of hydrogen-bond donors (Lipinski definition) is 6. The van der Waals surface area contributed by atoms with E-state index >= 15 is 0 Å². The third-order valence-corrected chi connectivity index (χ3v) is 18.9. The third-order valence-electron chi connectivity index (χ3n) is 18.9. The quantitative estimate of drug-likeness (QED) is 0.0261. The Kier molecular flexibility index (Phi) is 63.5. The van der Waals surface area contributed by atoms with E-state index in [1.54, 1.807) is 0 Å². The molecule has 7 atom stereocenters. The fraction of sp³-hybridized carbons (Fsp3) is 0.961. The molecular weight excluding hydrogens is 1050 g/mol. The number of amides is 1. The van der Waals surface area contributed by atoms with Gasteiger partial charge in [0.2, 0.25) is 5.91 Å². The highest BCUT2D eigenvalue weighted by Crippen LogP contribution is 2.24. The highest BCUT2D eigenvalue weighted by molar-refractivity contribution is 5.76. The molecule has 6 N–H and O–H groups in total. The van der Waals surface area contributed by atoms with Gasteiger partial charge in [0.15, 0.2) is 6.29 Å². The van der Waals surface area contributed by atoms with Crippen LogP contribution in [0.1, 0.15) is 412 Å². The molecule has 0 radical (unpaired) electrons.